The maximum Gasteiger partial charge on any atom is 0.342 e. The Kier molecular flexibility index (Phi) is 5.58. The highest BCUT2D eigenvalue weighted by molar-refractivity contribution is 5.93. The molecule has 7 heteroatoms. The number of hydrogen-bond donors (Lipinski definition) is 1. The number of nitrogens with one attached hydrogen (secondary N) is 1. The average molecular weight is 357 g/mol. The zero-order chi connectivity index (χ0) is 18.4. The molecule has 0 spiro atoms. The van der Waals surface area contributed by atoms with Crippen LogP contribution in [0, 0.1) is 0 Å². The number of rotatable bonds is 6. The molecule has 1 aliphatic rings. The van der Waals surface area contributed by atoms with E-state index in [1.165, 1.54) is 7.11 Å². The van der Waals surface area contributed by atoms with Gasteiger partial charge in [0.1, 0.15) is 24.0 Å². The van der Waals surface area contributed by atoms with E-state index in [0.717, 1.165) is 0 Å². The second kappa shape index (κ2) is 8.24. The lowest BCUT2D eigenvalue weighted by Gasteiger charge is -2.26. The largest absolute Gasteiger partial charge is 0.496 e. The van der Waals surface area contributed by atoms with E-state index in [1.807, 2.05) is 18.2 Å². The average Bonchev–Trinajstić information content (AvgIpc) is 2.70. The van der Waals surface area contributed by atoms with Crippen LogP contribution in [-0.4, -0.2) is 44.8 Å². The van der Waals surface area contributed by atoms with E-state index in [9.17, 15) is 9.59 Å². The molecule has 0 aliphatic carbocycles. The van der Waals surface area contributed by atoms with Crippen molar-refractivity contribution >= 4 is 11.9 Å². The van der Waals surface area contributed by atoms with Gasteiger partial charge in [-0.3, -0.25) is 4.79 Å². The molecule has 0 radical (unpaired) electrons. The Balaban J connectivity index is 1.44. The number of carbonyl (C=O) groups excluding carboxylic acids is 2. The molecule has 0 saturated heterocycles. The summed E-state index contributed by atoms with van der Waals surface area (Å²) < 4.78 is 21.4. The van der Waals surface area contributed by atoms with Gasteiger partial charge in [0.2, 0.25) is 0 Å². The van der Waals surface area contributed by atoms with Gasteiger partial charge >= 0.3 is 5.97 Å². The van der Waals surface area contributed by atoms with Gasteiger partial charge in [0.15, 0.2) is 18.1 Å². The fourth-order valence-electron chi connectivity index (χ4n) is 2.46. The van der Waals surface area contributed by atoms with Crippen molar-refractivity contribution in [2.75, 3.05) is 26.9 Å². The number of esters is 1. The standard InChI is InChI=1S/C19H19NO6/c1-23-15-7-3-2-6-14(15)19(22)25-12-18(21)20-10-13-11-24-16-8-4-5-9-17(16)26-13/h2-9,13H,10-12H2,1H3,(H,20,21)/t13-/m0/s1. The van der Waals surface area contributed by atoms with Crippen LogP contribution in [0.25, 0.3) is 0 Å². The van der Waals surface area contributed by atoms with E-state index in [2.05, 4.69) is 5.32 Å². The minimum absolute atomic E-state index is 0.249. The Morgan fingerprint density at radius 3 is 2.65 bits per heavy atom. The van der Waals surface area contributed by atoms with Gasteiger partial charge in [0, 0.05) is 0 Å². The van der Waals surface area contributed by atoms with Crippen molar-refractivity contribution in [1.82, 2.24) is 5.32 Å². The third-order valence-electron chi connectivity index (χ3n) is 3.76. The molecule has 7 nitrogen and oxygen atoms in total. The smallest absolute Gasteiger partial charge is 0.342 e. The number of para-hydroxylation sites is 3. The minimum Gasteiger partial charge on any atom is -0.496 e. The van der Waals surface area contributed by atoms with Gasteiger partial charge < -0.3 is 24.3 Å². The van der Waals surface area contributed by atoms with E-state index in [4.69, 9.17) is 18.9 Å². The number of methoxy groups -OCH3 is 1. The molecule has 0 saturated carbocycles. The lowest BCUT2D eigenvalue weighted by molar-refractivity contribution is -0.124. The van der Waals surface area contributed by atoms with Crippen molar-refractivity contribution in [2.45, 2.75) is 6.10 Å². The summed E-state index contributed by atoms with van der Waals surface area (Å²) in [6.45, 7) is 0.193. The summed E-state index contributed by atoms with van der Waals surface area (Å²) in [5.74, 6) is 0.672. The number of ether oxygens (including phenoxy) is 4. The molecule has 0 aromatic heterocycles. The zero-order valence-electron chi connectivity index (χ0n) is 14.3. The third-order valence-corrected chi connectivity index (χ3v) is 3.76. The van der Waals surface area contributed by atoms with Crippen LogP contribution in [0.5, 0.6) is 17.2 Å². The summed E-state index contributed by atoms with van der Waals surface area (Å²) >= 11 is 0. The number of amides is 1. The predicted octanol–water partition coefficient (Wildman–Crippen LogP) is 1.81. The summed E-state index contributed by atoms with van der Waals surface area (Å²) in [4.78, 5) is 24.0. The SMILES string of the molecule is COc1ccccc1C(=O)OCC(=O)NC[C@H]1COc2ccccc2O1. The van der Waals surface area contributed by atoms with Gasteiger partial charge in [0.25, 0.3) is 5.91 Å². The maximum absolute atomic E-state index is 12.0. The summed E-state index contributed by atoms with van der Waals surface area (Å²) in [7, 11) is 1.46. The van der Waals surface area contributed by atoms with Crippen LogP contribution >= 0.6 is 0 Å². The fourth-order valence-corrected chi connectivity index (χ4v) is 2.46. The summed E-state index contributed by atoms with van der Waals surface area (Å²) in [5, 5.41) is 2.67. The number of carbonyl (C=O) groups is 2. The van der Waals surface area contributed by atoms with E-state index < -0.39 is 11.9 Å². The fraction of sp³-hybridized carbons (Fsp3) is 0.263. The zero-order valence-corrected chi connectivity index (χ0v) is 14.3. The van der Waals surface area contributed by atoms with E-state index in [1.54, 1.807) is 30.3 Å². The lowest BCUT2D eigenvalue weighted by Crippen LogP contribution is -2.42. The van der Waals surface area contributed by atoms with Gasteiger partial charge in [-0.05, 0) is 24.3 Å². The first-order valence-corrected chi connectivity index (χ1v) is 8.12. The Labute approximate surface area is 150 Å². The first-order chi connectivity index (χ1) is 12.7. The number of benzene rings is 2. The highest BCUT2D eigenvalue weighted by Crippen LogP contribution is 2.30. The third kappa shape index (κ3) is 4.24. The van der Waals surface area contributed by atoms with Crippen LogP contribution < -0.4 is 19.5 Å². The van der Waals surface area contributed by atoms with Crippen LogP contribution in [0.15, 0.2) is 48.5 Å². The van der Waals surface area contributed by atoms with Crippen LogP contribution in [0.4, 0.5) is 0 Å². The van der Waals surface area contributed by atoms with Gasteiger partial charge in [-0.1, -0.05) is 24.3 Å². The molecule has 2 aromatic carbocycles. The molecule has 1 heterocycles. The monoisotopic (exact) mass is 357 g/mol. The van der Waals surface area contributed by atoms with Crippen molar-refractivity contribution in [3.8, 4) is 17.2 Å². The summed E-state index contributed by atoms with van der Waals surface area (Å²) in [6.07, 6.45) is -0.307. The van der Waals surface area contributed by atoms with Crippen molar-refractivity contribution in [3.63, 3.8) is 0 Å². The minimum atomic E-state index is -0.622. The van der Waals surface area contributed by atoms with Gasteiger partial charge in [-0.25, -0.2) is 4.79 Å². The van der Waals surface area contributed by atoms with Gasteiger partial charge in [-0.2, -0.15) is 0 Å². The van der Waals surface area contributed by atoms with E-state index >= 15 is 0 Å². The normalized spacial score (nSPS) is 15.0. The first-order valence-electron chi connectivity index (χ1n) is 8.12. The van der Waals surface area contributed by atoms with Crippen LogP contribution in [-0.2, 0) is 9.53 Å². The lowest BCUT2D eigenvalue weighted by atomic mass is 10.2. The molecule has 26 heavy (non-hydrogen) atoms. The van der Waals surface area contributed by atoms with Crippen molar-refractivity contribution in [3.05, 3.63) is 54.1 Å². The Morgan fingerprint density at radius 2 is 1.85 bits per heavy atom. The summed E-state index contributed by atoms with van der Waals surface area (Å²) in [6, 6.07) is 14.0. The topological polar surface area (TPSA) is 83.1 Å². The highest BCUT2D eigenvalue weighted by Gasteiger charge is 2.21. The Bertz CT molecular complexity index is 791. The molecule has 1 atom stereocenters. The van der Waals surface area contributed by atoms with Crippen molar-refractivity contribution in [2.24, 2.45) is 0 Å². The van der Waals surface area contributed by atoms with E-state index in [0.29, 0.717) is 23.9 Å². The molecule has 0 fully saturated rings. The molecule has 1 aliphatic heterocycles. The second-order valence-corrected chi connectivity index (χ2v) is 5.58. The number of fused-ring (bicyclic) bond motifs is 1. The van der Waals surface area contributed by atoms with Gasteiger partial charge in [0.05, 0.1) is 13.7 Å². The molecule has 136 valence electrons. The molecule has 2 aromatic rings. The molecular formula is C19H19NO6. The molecule has 1 N–H and O–H groups in total. The molecule has 0 bridgehead atoms. The number of hydrogen-bond acceptors (Lipinski definition) is 6. The molecule has 3 rings (SSSR count). The van der Waals surface area contributed by atoms with Crippen LogP contribution in [0.1, 0.15) is 10.4 Å². The molecule has 0 unspecified atom stereocenters. The predicted molar refractivity (Wildman–Crippen MR) is 92.6 cm³/mol. The first kappa shape index (κ1) is 17.6. The van der Waals surface area contributed by atoms with Crippen molar-refractivity contribution in [1.29, 1.82) is 0 Å². The second-order valence-electron chi connectivity index (χ2n) is 5.58. The highest BCUT2D eigenvalue weighted by atomic mass is 16.6. The maximum atomic E-state index is 12.0. The Hall–Kier alpha value is -3.22. The quantitative estimate of drug-likeness (QED) is 0.794. The molecular weight excluding hydrogens is 338 g/mol. The molecule has 1 amide bonds. The van der Waals surface area contributed by atoms with Crippen LogP contribution in [0.3, 0.4) is 0 Å². The van der Waals surface area contributed by atoms with Gasteiger partial charge in [-0.15, -0.1) is 0 Å². The van der Waals surface area contributed by atoms with E-state index in [-0.39, 0.29) is 24.8 Å². The van der Waals surface area contributed by atoms with Crippen molar-refractivity contribution < 1.29 is 28.5 Å². The summed E-state index contributed by atoms with van der Waals surface area (Å²) in [5.41, 5.74) is 0.267. The Morgan fingerprint density at radius 1 is 1.12 bits per heavy atom. The van der Waals surface area contributed by atoms with Crippen LogP contribution in [0.2, 0.25) is 0 Å².